The molecule has 0 saturated carbocycles. The minimum Gasteiger partial charge on any atom is -0.321 e. The number of benzene rings is 2. The van der Waals surface area contributed by atoms with Crippen molar-refractivity contribution in [3.63, 3.8) is 0 Å². The average molecular weight is 381 g/mol. The van der Waals surface area contributed by atoms with Crippen LogP contribution in [-0.2, 0) is 0 Å². The molecule has 2 aromatic carbocycles. The third-order valence-electron chi connectivity index (χ3n) is 4.05. The monoisotopic (exact) mass is 380 g/mol. The summed E-state index contributed by atoms with van der Waals surface area (Å²) in [4.78, 5) is 23.7. The maximum atomic E-state index is 12.7. The van der Waals surface area contributed by atoms with E-state index in [0.717, 1.165) is 16.9 Å². The summed E-state index contributed by atoms with van der Waals surface area (Å²) in [5.74, 6) is 0.216. The molecule has 0 atom stereocenters. The number of hydrogen-bond acceptors (Lipinski definition) is 4. The summed E-state index contributed by atoms with van der Waals surface area (Å²) >= 11 is 5.89. The van der Waals surface area contributed by atoms with Crippen LogP contribution in [-0.4, -0.2) is 22.4 Å². The number of halogens is 1. The molecule has 1 N–H and O–H groups in total. The number of aryl methyl sites for hydroxylation is 2. The molecule has 0 fully saturated rings. The second-order valence-corrected chi connectivity index (χ2v) is 6.68. The Hall–Kier alpha value is -2.92. The Labute approximate surface area is 164 Å². The van der Waals surface area contributed by atoms with Gasteiger partial charge in [0.2, 0.25) is 5.95 Å². The summed E-state index contributed by atoms with van der Waals surface area (Å²) in [5.41, 5.74) is 3.85. The summed E-state index contributed by atoms with van der Waals surface area (Å²) in [6.45, 7) is 6.61. The summed E-state index contributed by atoms with van der Waals surface area (Å²) in [7, 11) is 0. The van der Waals surface area contributed by atoms with Crippen molar-refractivity contribution in [2.24, 2.45) is 0 Å². The molecule has 0 aliphatic rings. The summed E-state index contributed by atoms with van der Waals surface area (Å²) in [6, 6.07) is 16.8. The smallest absolute Gasteiger partial charge is 0.274 e. The molecular weight excluding hydrogens is 360 g/mol. The highest BCUT2D eigenvalue weighted by Crippen LogP contribution is 2.23. The van der Waals surface area contributed by atoms with E-state index in [1.54, 1.807) is 30.3 Å². The average Bonchev–Trinajstić information content (AvgIpc) is 2.64. The third kappa shape index (κ3) is 4.63. The zero-order valence-electron chi connectivity index (χ0n) is 15.5. The van der Waals surface area contributed by atoms with Gasteiger partial charge in [-0.15, -0.1) is 0 Å². The Morgan fingerprint density at radius 2 is 1.81 bits per heavy atom. The van der Waals surface area contributed by atoms with Gasteiger partial charge in [-0.2, -0.15) is 0 Å². The maximum Gasteiger partial charge on any atom is 0.274 e. The Kier molecular flexibility index (Phi) is 5.72. The normalized spacial score (nSPS) is 10.5. The summed E-state index contributed by atoms with van der Waals surface area (Å²) in [5, 5.41) is 3.45. The zero-order chi connectivity index (χ0) is 19.4. The predicted octanol–water partition coefficient (Wildman–Crippen LogP) is 5.16. The van der Waals surface area contributed by atoms with Crippen molar-refractivity contribution >= 4 is 34.8 Å². The summed E-state index contributed by atoms with van der Waals surface area (Å²) < 4.78 is 0. The maximum absolute atomic E-state index is 12.7. The number of carbonyl (C=O) groups is 1. The van der Waals surface area contributed by atoms with E-state index in [4.69, 9.17) is 11.6 Å². The van der Waals surface area contributed by atoms with Gasteiger partial charge in [-0.3, -0.25) is 4.79 Å². The lowest BCUT2D eigenvalue weighted by molar-refractivity contribution is 0.102. The number of carbonyl (C=O) groups excluding carboxylic acids is 1. The van der Waals surface area contributed by atoms with Gasteiger partial charge < -0.3 is 10.2 Å². The predicted molar refractivity (Wildman–Crippen MR) is 110 cm³/mol. The largest absolute Gasteiger partial charge is 0.321 e. The van der Waals surface area contributed by atoms with Gasteiger partial charge in [0.1, 0.15) is 5.69 Å². The molecule has 1 heterocycles. The van der Waals surface area contributed by atoms with Crippen LogP contribution in [0.25, 0.3) is 0 Å². The van der Waals surface area contributed by atoms with E-state index in [2.05, 4.69) is 21.4 Å². The van der Waals surface area contributed by atoms with E-state index in [-0.39, 0.29) is 5.91 Å². The molecule has 27 heavy (non-hydrogen) atoms. The van der Waals surface area contributed by atoms with E-state index in [9.17, 15) is 4.79 Å². The molecule has 0 aliphatic carbocycles. The first-order valence-corrected chi connectivity index (χ1v) is 9.11. The van der Waals surface area contributed by atoms with Crippen LogP contribution in [0.2, 0.25) is 5.02 Å². The minimum absolute atomic E-state index is 0.288. The zero-order valence-corrected chi connectivity index (χ0v) is 16.3. The number of amides is 1. The van der Waals surface area contributed by atoms with Crippen LogP contribution >= 0.6 is 11.6 Å². The SMILES string of the molecule is CCN(c1cccc(C)c1)c1nc(C)cc(C(=O)Nc2ccc(Cl)cc2)n1. The number of anilines is 3. The van der Waals surface area contributed by atoms with Crippen molar-refractivity contribution in [2.75, 3.05) is 16.8 Å². The number of rotatable bonds is 5. The second kappa shape index (κ2) is 8.18. The second-order valence-electron chi connectivity index (χ2n) is 6.24. The van der Waals surface area contributed by atoms with E-state index >= 15 is 0 Å². The van der Waals surface area contributed by atoms with Crippen LogP contribution in [0.3, 0.4) is 0 Å². The van der Waals surface area contributed by atoms with E-state index in [0.29, 0.717) is 28.9 Å². The van der Waals surface area contributed by atoms with Gasteiger partial charge in [0.25, 0.3) is 5.91 Å². The van der Waals surface area contributed by atoms with E-state index < -0.39 is 0 Å². The van der Waals surface area contributed by atoms with E-state index in [1.165, 1.54) is 0 Å². The standard InChI is InChI=1S/C21H21ClN4O/c1-4-26(18-7-5-6-14(2)12-18)21-23-15(3)13-19(25-21)20(27)24-17-10-8-16(22)9-11-17/h5-13H,4H2,1-3H3,(H,24,27). The first kappa shape index (κ1) is 18.9. The van der Waals surface area contributed by atoms with Crippen molar-refractivity contribution in [1.29, 1.82) is 0 Å². The first-order chi connectivity index (χ1) is 13.0. The lowest BCUT2D eigenvalue weighted by Crippen LogP contribution is -2.22. The highest BCUT2D eigenvalue weighted by molar-refractivity contribution is 6.30. The fourth-order valence-corrected chi connectivity index (χ4v) is 2.88. The number of hydrogen-bond donors (Lipinski definition) is 1. The third-order valence-corrected chi connectivity index (χ3v) is 4.30. The molecule has 0 spiro atoms. The molecule has 0 saturated heterocycles. The minimum atomic E-state index is -0.288. The topological polar surface area (TPSA) is 58.1 Å². The van der Waals surface area contributed by atoms with Crippen LogP contribution in [0.4, 0.5) is 17.3 Å². The van der Waals surface area contributed by atoms with Gasteiger partial charge >= 0.3 is 0 Å². The van der Waals surface area contributed by atoms with Gasteiger partial charge in [-0.1, -0.05) is 23.7 Å². The van der Waals surface area contributed by atoms with Crippen LogP contribution in [0, 0.1) is 13.8 Å². The number of nitrogens with one attached hydrogen (secondary N) is 1. The van der Waals surface area contributed by atoms with Gasteiger partial charge in [0.15, 0.2) is 0 Å². The fourth-order valence-electron chi connectivity index (χ4n) is 2.75. The quantitative estimate of drug-likeness (QED) is 0.664. The van der Waals surface area contributed by atoms with Gasteiger partial charge in [0, 0.05) is 28.6 Å². The Bertz CT molecular complexity index is 957. The molecule has 0 aliphatic heterocycles. The Morgan fingerprint density at radius 1 is 1.07 bits per heavy atom. The van der Waals surface area contributed by atoms with Crippen molar-refractivity contribution < 1.29 is 4.79 Å². The lowest BCUT2D eigenvalue weighted by atomic mass is 10.2. The highest BCUT2D eigenvalue weighted by atomic mass is 35.5. The fraction of sp³-hybridized carbons (Fsp3) is 0.190. The molecule has 138 valence electrons. The Morgan fingerprint density at radius 3 is 2.48 bits per heavy atom. The molecular formula is C21H21ClN4O. The molecule has 3 rings (SSSR count). The molecule has 1 amide bonds. The highest BCUT2D eigenvalue weighted by Gasteiger charge is 2.16. The molecule has 0 unspecified atom stereocenters. The van der Waals surface area contributed by atoms with Gasteiger partial charge in [-0.25, -0.2) is 9.97 Å². The van der Waals surface area contributed by atoms with Crippen molar-refractivity contribution in [1.82, 2.24) is 9.97 Å². The van der Waals surface area contributed by atoms with E-state index in [1.807, 2.05) is 43.9 Å². The van der Waals surface area contributed by atoms with Crippen molar-refractivity contribution in [3.05, 3.63) is 76.6 Å². The van der Waals surface area contributed by atoms with Gasteiger partial charge in [-0.05, 0) is 68.8 Å². The number of nitrogens with zero attached hydrogens (tertiary/aromatic N) is 3. The van der Waals surface area contributed by atoms with Crippen LogP contribution in [0.15, 0.2) is 54.6 Å². The van der Waals surface area contributed by atoms with Crippen molar-refractivity contribution in [3.8, 4) is 0 Å². The summed E-state index contributed by atoms with van der Waals surface area (Å²) in [6.07, 6.45) is 0. The molecule has 0 radical (unpaired) electrons. The molecule has 0 bridgehead atoms. The molecule has 3 aromatic rings. The molecule has 1 aromatic heterocycles. The first-order valence-electron chi connectivity index (χ1n) is 8.73. The van der Waals surface area contributed by atoms with Crippen LogP contribution in [0.1, 0.15) is 28.7 Å². The van der Waals surface area contributed by atoms with Gasteiger partial charge in [0.05, 0.1) is 0 Å². The van der Waals surface area contributed by atoms with Crippen LogP contribution < -0.4 is 10.2 Å². The Balaban J connectivity index is 1.90. The molecule has 6 heteroatoms. The number of aromatic nitrogens is 2. The molecule has 5 nitrogen and oxygen atoms in total. The lowest BCUT2D eigenvalue weighted by Gasteiger charge is -2.22. The van der Waals surface area contributed by atoms with Crippen molar-refractivity contribution in [2.45, 2.75) is 20.8 Å². The van der Waals surface area contributed by atoms with Crippen LogP contribution in [0.5, 0.6) is 0 Å².